The average Bonchev–Trinajstić information content (AvgIpc) is 3.21. The van der Waals surface area contributed by atoms with Crippen LogP contribution in [0, 0.1) is 11.8 Å². The van der Waals surface area contributed by atoms with Gasteiger partial charge in [0.2, 0.25) is 5.95 Å². The van der Waals surface area contributed by atoms with Gasteiger partial charge in [-0.3, -0.25) is 9.78 Å². The third-order valence-corrected chi connectivity index (χ3v) is 4.11. The standard InChI is InChI=1S/C15H18N8O4/c16-3-1-2-8-5-23(13-12(8)14(25)21-15(17)20-13)11-4-9(10(6-24)27-11)26-7-19-22-18/h5,9-11,24H,3-4,6-7,16H2,(H3,17,20,21,25)/t9?,10-,11-/m1/s1. The third-order valence-electron chi connectivity index (χ3n) is 4.11. The van der Waals surface area contributed by atoms with Gasteiger partial charge in [0.1, 0.15) is 19.1 Å². The topological polar surface area (TPSA) is 190 Å². The van der Waals surface area contributed by atoms with Crippen LogP contribution in [0.25, 0.3) is 21.5 Å². The molecule has 2 aromatic rings. The molecule has 3 heterocycles. The van der Waals surface area contributed by atoms with Gasteiger partial charge in [-0.1, -0.05) is 17.0 Å². The summed E-state index contributed by atoms with van der Waals surface area (Å²) in [7, 11) is 0. The maximum atomic E-state index is 12.3. The molecule has 1 fully saturated rings. The number of aliphatic hydroxyl groups is 1. The number of fused-ring (bicyclic) bond motifs is 1. The van der Waals surface area contributed by atoms with Gasteiger partial charge in [0.25, 0.3) is 5.56 Å². The number of nitrogen functional groups attached to an aromatic ring is 1. The fraction of sp³-hybridized carbons (Fsp3) is 0.467. The molecule has 1 aliphatic rings. The quantitative estimate of drug-likeness (QED) is 0.236. The van der Waals surface area contributed by atoms with Crippen LogP contribution < -0.4 is 17.0 Å². The van der Waals surface area contributed by atoms with E-state index in [-0.39, 0.29) is 31.2 Å². The summed E-state index contributed by atoms with van der Waals surface area (Å²) >= 11 is 0. The summed E-state index contributed by atoms with van der Waals surface area (Å²) in [5.74, 6) is 5.50. The van der Waals surface area contributed by atoms with E-state index in [0.29, 0.717) is 17.6 Å². The Morgan fingerprint density at radius 1 is 1.63 bits per heavy atom. The molecule has 0 spiro atoms. The molecule has 1 unspecified atom stereocenters. The number of nitrogens with one attached hydrogen (secondary N) is 1. The predicted octanol–water partition coefficient (Wildman–Crippen LogP) is -0.450. The largest absolute Gasteiger partial charge is 0.394 e. The van der Waals surface area contributed by atoms with Crippen molar-refractivity contribution >= 4 is 17.0 Å². The summed E-state index contributed by atoms with van der Waals surface area (Å²) in [6.45, 7) is -0.334. The smallest absolute Gasteiger partial charge is 0.263 e. The molecule has 3 rings (SSSR count). The first kappa shape index (κ1) is 18.7. The first-order valence-electron chi connectivity index (χ1n) is 8.07. The van der Waals surface area contributed by atoms with Crippen molar-refractivity contribution in [3.8, 4) is 11.8 Å². The molecule has 0 saturated carbocycles. The van der Waals surface area contributed by atoms with Gasteiger partial charge in [-0.05, 0) is 5.53 Å². The van der Waals surface area contributed by atoms with E-state index in [9.17, 15) is 9.90 Å². The number of H-pyrrole nitrogens is 1. The number of aromatic nitrogens is 3. The van der Waals surface area contributed by atoms with Crippen LogP contribution in [0.15, 0.2) is 16.1 Å². The van der Waals surface area contributed by atoms with E-state index in [1.807, 2.05) is 0 Å². The lowest BCUT2D eigenvalue weighted by Crippen LogP contribution is -2.27. The lowest BCUT2D eigenvalue weighted by Gasteiger charge is -2.15. The molecule has 27 heavy (non-hydrogen) atoms. The molecule has 12 nitrogen and oxygen atoms in total. The van der Waals surface area contributed by atoms with Crippen molar-refractivity contribution in [3.63, 3.8) is 0 Å². The fourth-order valence-corrected chi connectivity index (χ4v) is 3.00. The average molecular weight is 374 g/mol. The number of azide groups is 1. The maximum Gasteiger partial charge on any atom is 0.263 e. The Morgan fingerprint density at radius 2 is 2.44 bits per heavy atom. The molecule has 2 aromatic heterocycles. The molecule has 142 valence electrons. The normalized spacial score (nSPS) is 21.6. The van der Waals surface area contributed by atoms with Crippen LogP contribution in [0.3, 0.4) is 0 Å². The minimum absolute atomic E-state index is 0.0435. The molecule has 0 bridgehead atoms. The number of hydrogen-bond donors (Lipinski definition) is 4. The van der Waals surface area contributed by atoms with Crippen LogP contribution in [-0.2, 0) is 9.47 Å². The van der Waals surface area contributed by atoms with Crippen molar-refractivity contribution in [1.29, 1.82) is 0 Å². The van der Waals surface area contributed by atoms with E-state index in [0.717, 1.165) is 0 Å². The Morgan fingerprint density at radius 3 is 3.15 bits per heavy atom. The van der Waals surface area contributed by atoms with Crippen LogP contribution >= 0.6 is 0 Å². The second-order valence-corrected chi connectivity index (χ2v) is 5.72. The van der Waals surface area contributed by atoms with E-state index < -0.39 is 24.0 Å². The van der Waals surface area contributed by atoms with Gasteiger partial charge in [0.05, 0.1) is 30.2 Å². The number of nitrogens with two attached hydrogens (primary N) is 2. The fourth-order valence-electron chi connectivity index (χ4n) is 3.00. The van der Waals surface area contributed by atoms with Crippen molar-refractivity contribution in [1.82, 2.24) is 14.5 Å². The van der Waals surface area contributed by atoms with E-state index in [2.05, 4.69) is 31.8 Å². The van der Waals surface area contributed by atoms with Crippen LogP contribution in [0.1, 0.15) is 18.2 Å². The Balaban J connectivity index is 2.01. The lowest BCUT2D eigenvalue weighted by molar-refractivity contribution is -0.0593. The molecule has 0 amide bonds. The van der Waals surface area contributed by atoms with Crippen molar-refractivity contribution in [2.45, 2.75) is 24.9 Å². The lowest BCUT2D eigenvalue weighted by atomic mass is 10.2. The van der Waals surface area contributed by atoms with Gasteiger partial charge in [-0.15, -0.1) is 0 Å². The highest BCUT2D eigenvalue weighted by Crippen LogP contribution is 2.33. The van der Waals surface area contributed by atoms with Crippen molar-refractivity contribution in [2.75, 3.05) is 25.6 Å². The van der Waals surface area contributed by atoms with Crippen molar-refractivity contribution in [3.05, 3.63) is 32.6 Å². The number of ether oxygens (including phenoxy) is 2. The highest BCUT2D eigenvalue weighted by Gasteiger charge is 2.37. The van der Waals surface area contributed by atoms with Crippen LogP contribution in [0.5, 0.6) is 0 Å². The number of anilines is 1. The van der Waals surface area contributed by atoms with E-state index >= 15 is 0 Å². The van der Waals surface area contributed by atoms with Gasteiger partial charge < -0.3 is 30.6 Å². The van der Waals surface area contributed by atoms with Crippen molar-refractivity contribution < 1.29 is 14.6 Å². The van der Waals surface area contributed by atoms with Gasteiger partial charge in [-0.2, -0.15) is 4.98 Å². The number of aromatic amines is 1. The highest BCUT2D eigenvalue weighted by molar-refractivity contribution is 5.83. The first-order valence-corrected chi connectivity index (χ1v) is 8.07. The van der Waals surface area contributed by atoms with E-state index in [1.54, 1.807) is 10.8 Å². The van der Waals surface area contributed by atoms with Crippen LogP contribution in [0.4, 0.5) is 5.95 Å². The third kappa shape index (κ3) is 3.72. The SMILES string of the molecule is [N-]=[N+]=NCOC1C[C@H](n2cc(C#CCN)c3c(=O)[nH]c(N)nc32)O[C@@H]1CO. The maximum absolute atomic E-state index is 12.3. The number of hydrogen-bond acceptors (Lipinski definition) is 8. The molecule has 0 radical (unpaired) electrons. The molecular weight excluding hydrogens is 356 g/mol. The molecule has 1 aliphatic heterocycles. The molecule has 12 heteroatoms. The van der Waals surface area contributed by atoms with Gasteiger partial charge >= 0.3 is 0 Å². The number of nitrogens with zero attached hydrogens (tertiary/aromatic N) is 5. The predicted molar refractivity (Wildman–Crippen MR) is 95.2 cm³/mol. The zero-order valence-electron chi connectivity index (χ0n) is 14.2. The van der Waals surface area contributed by atoms with Gasteiger partial charge in [-0.25, -0.2) is 0 Å². The molecule has 3 atom stereocenters. The summed E-state index contributed by atoms with van der Waals surface area (Å²) in [6.07, 6.45) is 0.265. The zero-order chi connectivity index (χ0) is 19.4. The summed E-state index contributed by atoms with van der Waals surface area (Å²) in [5.41, 5.74) is 19.8. The Bertz CT molecular complexity index is 997. The molecule has 0 aliphatic carbocycles. The van der Waals surface area contributed by atoms with Crippen LogP contribution in [-0.4, -0.2) is 51.7 Å². The van der Waals surface area contributed by atoms with Gasteiger partial charge in [0.15, 0.2) is 5.65 Å². The molecule has 1 saturated heterocycles. The van der Waals surface area contributed by atoms with Gasteiger partial charge in [0, 0.05) is 17.5 Å². The minimum atomic E-state index is -0.626. The first-order chi connectivity index (χ1) is 13.1. The zero-order valence-corrected chi connectivity index (χ0v) is 14.2. The number of aliphatic hydroxyl groups excluding tert-OH is 1. The highest BCUT2D eigenvalue weighted by atomic mass is 16.6. The summed E-state index contributed by atoms with van der Waals surface area (Å²) in [5, 5.41) is 13.1. The Kier molecular flexibility index (Phi) is 5.60. The minimum Gasteiger partial charge on any atom is -0.394 e. The molecule has 0 aromatic carbocycles. The second-order valence-electron chi connectivity index (χ2n) is 5.72. The summed E-state index contributed by atoms with van der Waals surface area (Å²) < 4.78 is 12.9. The summed E-state index contributed by atoms with van der Waals surface area (Å²) in [6, 6.07) is 0. The second kappa shape index (κ2) is 8.09. The van der Waals surface area contributed by atoms with Crippen LogP contribution in [0.2, 0.25) is 0 Å². The van der Waals surface area contributed by atoms with E-state index in [4.69, 9.17) is 26.5 Å². The monoisotopic (exact) mass is 374 g/mol. The Labute approximate surface area is 152 Å². The molecular formula is C15H18N8O4. The number of rotatable bonds is 5. The summed E-state index contributed by atoms with van der Waals surface area (Å²) in [4.78, 5) is 21.6. The van der Waals surface area contributed by atoms with E-state index in [1.165, 1.54) is 0 Å². The van der Waals surface area contributed by atoms with Crippen molar-refractivity contribution in [2.24, 2.45) is 10.8 Å². The molecule has 6 N–H and O–H groups in total. The Hall–Kier alpha value is -3.07.